The molecule has 0 atom stereocenters. The molecule has 0 aliphatic rings. The lowest BCUT2D eigenvalue weighted by molar-refractivity contribution is -0.120. The van der Waals surface area contributed by atoms with Gasteiger partial charge in [0.1, 0.15) is 0 Å². The van der Waals surface area contributed by atoms with Gasteiger partial charge in [-0.05, 0) is 37.6 Å². The lowest BCUT2D eigenvalue weighted by Gasteiger charge is -2.11. The fraction of sp³-hybridized carbons (Fsp3) is 0.389. The molecule has 0 fully saturated rings. The monoisotopic (exact) mass is 376 g/mol. The summed E-state index contributed by atoms with van der Waals surface area (Å²) < 4.78 is 24.2. The van der Waals surface area contributed by atoms with Crippen molar-refractivity contribution in [3.05, 3.63) is 47.8 Å². The summed E-state index contributed by atoms with van der Waals surface area (Å²) >= 11 is 0. The van der Waals surface area contributed by atoms with Crippen LogP contribution in [0.1, 0.15) is 25.1 Å². The van der Waals surface area contributed by atoms with Crippen LogP contribution in [0.2, 0.25) is 0 Å². The molecule has 0 aliphatic heterocycles. The summed E-state index contributed by atoms with van der Waals surface area (Å²) in [5, 5.41) is 2.34. The van der Waals surface area contributed by atoms with Gasteiger partial charge in [-0.15, -0.1) is 0 Å². The van der Waals surface area contributed by atoms with Gasteiger partial charge in [-0.2, -0.15) is 0 Å². The number of amides is 1. The highest BCUT2D eigenvalue weighted by molar-refractivity contribution is 7.92. The normalized spacial score (nSPS) is 11.4. The van der Waals surface area contributed by atoms with Crippen molar-refractivity contribution >= 4 is 21.7 Å². The van der Waals surface area contributed by atoms with Gasteiger partial charge in [0.2, 0.25) is 11.9 Å². The second-order valence-corrected chi connectivity index (χ2v) is 8.94. The average Bonchev–Trinajstić information content (AvgIpc) is 2.60. The molecule has 0 radical (unpaired) electrons. The third kappa shape index (κ3) is 5.01. The number of aromatic nitrogens is 2. The minimum atomic E-state index is -3.30. The molecule has 2 rings (SSSR count). The molecule has 26 heavy (non-hydrogen) atoms. The molecular weight excluding hydrogens is 352 g/mol. The molecule has 140 valence electrons. The SMILES string of the molecule is CC(C)S(=O)(=O)c1ccc(CC(=O)NCc2ccnc(N(C)C)n2)cc1. The maximum absolute atomic E-state index is 12.1. The lowest BCUT2D eigenvalue weighted by atomic mass is 10.1. The number of carbonyl (C=O) groups excluding carboxylic acids is 1. The van der Waals surface area contributed by atoms with E-state index in [1.807, 2.05) is 14.1 Å². The summed E-state index contributed by atoms with van der Waals surface area (Å²) in [6.45, 7) is 3.60. The largest absolute Gasteiger partial charge is 0.350 e. The van der Waals surface area contributed by atoms with Gasteiger partial charge < -0.3 is 10.2 Å². The van der Waals surface area contributed by atoms with E-state index in [0.717, 1.165) is 11.3 Å². The Morgan fingerprint density at radius 3 is 2.38 bits per heavy atom. The molecule has 0 saturated carbocycles. The second-order valence-electron chi connectivity index (χ2n) is 6.43. The van der Waals surface area contributed by atoms with E-state index >= 15 is 0 Å². The molecule has 0 saturated heterocycles. The van der Waals surface area contributed by atoms with Crippen molar-refractivity contribution in [3.63, 3.8) is 0 Å². The summed E-state index contributed by atoms with van der Waals surface area (Å²) in [6.07, 6.45) is 1.82. The molecule has 1 heterocycles. The Bertz CT molecular complexity index is 862. The zero-order valence-electron chi connectivity index (χ0n) is 15.4. The third-order valence-corrected chi connectivity index (χ3v) is 5.97. The Kier molecular flexibility index (Phi) is 6.31. The van der Waals surface area contributed by atoms with Crippen molar-refractivity contribution in [1.29, 1.82) is 0 Å². The van der Waals surface area contributed by atoms with Crippen LogP contribution in [0.15, 0.2) is 41.4 Å². The Balaban J connectivity index is 1.95. The molecule has 2 aromatic rings. The predicted octanol–water partition coefficient (Wildman–Crippen LogP) is 1.58. The minimum Gasteiger partial charge on any atom is -0.350 e. The molecular formula is C18H24N4O3S. The molecule has 0 unspecified atom stereocenters. The number of hydrogen-bond donors (Lipinski definition) is 1. The first-order valence-electron chi connectivity index (χ1n) is 8.29. The Morgan fingerprint density at radius 2 is 1.81 bits per heavy atom. The topological polar surface area (TPSA) is 92.3 Å². The summed E-state index contributed by atoms with van der Waals surface area (Å²) in [5.41, 5.74) is 1.47. The Labute approximate surface area is 154 Å². The van der Waals surface area contributed by atoms with Crippen molar-refractivity contribution in [2.75, 3.05) is 19.0 Å². The number of sulfone groups is 1. The fourth-order valence-electron chi connectivity index (χ4n) is 2.20. The van der Waals surface area contributed by atoms with Crippen molar-refractivity contribution in [3.8, 4) is 0 Å². The van der Waals surface area contributed by atoms with Crippen LogP contribution in [0.4, 0.5) is 5.95 Å². The standard InChI is InChI=1S/C18H24N4O3S/c1-13(2)26(24,25)16-7-5-14(6-8-16)11-17(23)20-12-15-9-10-19-18(21-15)22(3)4/h5-10,13H,11-12H2,1-4H3,(H,20,23). The van der Waals surface area contributed by atoms with E-state index in [9.17, 15) is 13.2 Å². The van der Waals surface area contributed by atoms with Crippen molar-refractivity contribution < 1.29 is 13.2 Å². The van der Waals surface area contributed by atoms with Gasteiger partial charge in [0.25, 0.3) is 0 Å². The molecule has 1 amide bonds. The highest BCUT2D eigenvalue weighted by atomic mass is 32.2. The maximum Gasteiger partial charge on any atom is 0.225 e. The zero-order chi connectivity index (χ0) is 19.3. The number of rotatable bonds is 7. The molecule has 1 aromatic heterocycles. The van der Waals surface area contributed by atoms with Crippen LogP contribution >= 0.6 is 0 Å². The minimum absolute atomic E-state index is 0.158. The summed E-state index contributed by atoms with van der Waals surface area (Å²) in [6, 6.07) is 8.18. The summed E-state index contributed by atoms with van der Waals surface area (Å²) in [5.74, 6) is 0.424. The quantitative estimate of drug-likeness (QED) is 0.789. The van der Waals surface area contributed by atoms with Gasteiger partial charge in [0, 0.05) is 20.3 Å². The first-order chi connectivity index (χ1) is 12.2. The maximum atomic E-state index is 12.1. The molecule has 1 aromatic carbocycles. The third-order valence-electron chi connectivity index (χ3n) is 3.80. The first-order valence-corrected chi connectivity index (χ1v) is 9.83. The molecule has 0 spiro atoms. The van der Waals surface area contributed by atoms with E-state index < -0.39 is 15.1 Å². The highest BCUT2D eigenvalue weighted by Crippen LogP contribution is 2.16. The van der Waals surface area contributed by atoms with Crippen molar-refractivity contribution in [2.24, 2.45) is 0 Å². The van der Waals surface area contributed by atoms with Gasteiger partial charge in [0.05, 0.1) is 28.8 Å². The van der Waals surface area contributed by atoms with Gasteiger partial charge in [0.15, 0.2) is 9.84 Å². The lowest BCUT2D eigenvalue weighted by Crippen LogP contribution is -2.25. The average molecular weight is 376 g/mol. The number of nitrogens with zero attached hydrogens (tertiary/aromatic N) is 3. The van der Waals surface area contributed by atoms with Gasteiger partial charge >= 0.3 is 0 Å². The molecule has 7 nitrogen and oxygen atoms in total. The molecule has 1 N–H and O–H groups in total. The van der Waals surface area contributed by atoms with Crippen molar-refractivity contribution in [2.45, 2.75) is 37.0 Å². The Hall–Kier alpha value is -2.48. The first kappa shape index (κ1) is 19.8. The van der Waals surface area contributed by atoms with Gasteiger partial charge in [-0.3, -0.25) is 4.79 Å². The number of benzene rings is 1. The number of hydrogen-bond acceptors (Lipinski definition) is 6. The van der Waals surface area contributed by atoms with Crippen LogP contribution in [0.25, 0.3) is 0 Å². The molecule has 8 heteroatoms. The van der Waals surface area contributed by atoms with Crippen LogP contribution in [0.5, 0.6) is 0 Å². The van der Waals surface area contributed by atoms with Crippen LogP contribution in [-0.4, -0.2) is 43.6 Å². The van der Waals surface area contributed by atoms with Crippen molar-refractivity contribution in [1.82, 2.24) is 15.3 Å². The van der Waals surface area contributed by atoms with E-state index in [1.54, 1.807) is 55.3 Å². The Morgan fingerprint density at radius 1 is 1.15 bits per heavy atom. The van der Waals surface area contributed by atoms with E-state index in [4.69, 9.17) is 0 Å². The van der Waals surface area contributed by atoms with Crippen LogP contribution < -0.4 is 10.2 Å². The molecule has 0 aliphatic carbocycles. The van der Waals surface area contributed by atoms with E-state index in [2.05, 4.69) is 15.3 Å². The fourth-order valence-corrected chi connectivity index (χ4v) is 3.26. The van der Waals surface area contributed by atoms with Crippen LogP contribution in [-0.2, 0) is 27.6 Å². The molecule has 0 bridgehead atoms. The van der Waals surface area contributed by atoms with E-state index in [-0.39, 0.29) is 17.2 Å². The van der Waals surface area contributed by atoms with Crippen LogP contribution in [0, 0.1) is 0 Å². The number of nitrogens with one attached hydrogen (secondary N) is 1. The summed E-state index contributed by atoms with van der Waals surface area (Å²) in [4.78, 5) is 22.6. The van der Waals surface area contributed by atoms with Gasteiger partial charge in [-0.1, -0.05) is 12.1 Å². The van der Waals surface area contributed by atoms with E-state index in [1.165, 1.54) is 0 Å². The van der Waals surface area contributed by atoms with Gasteiger partial charge in [-0.25, -0.2) is 18.4 Å². The van der Waals surface area contributed by atoms with Crippen LogP contribution in [0.3, 0.4) is 0 Å². The number of anilines is 1. The predicted molar refractivity (Wildman–Crippen MR) is 101 cm³/mol. The highest BCUT2D eigenvalue weighted by Gasteiger charge is 2.18. The smallest absolute Gasteiger partial charge is 0.225 e. The zero-order valence-corrected chi connectivity index (χ0v) is 16.2. The number of carbonyl (C=O) groups is 1. The summed E-state index contributed by atoms with van der Waals surface area (Å²) in [7, 11) is 0.398. The van der Waals surface area contributed by atoms with E-state index in [0.29, 0.717) is 12.5 Å². The second kappa shape index (κ2) is 8.27.